The molecule has 0 aliphatic carbocycles. The molecule has 3 heteroatoms. The summed E-state index contributed by atoms with van der Waals surface area (Å²) in [6.07, 6.45) is 4.12. The molecule has 1 aromatic rings. The van der Waals surface area contributed by atoms with Crippen LogP contribution in [0, 0.1) is 0 Å². The van der Waals surface area contributed by atoms with Gasteiger partial charge >= 0.3 is 0 Å². The molecule has 1 heterocycles. The molecule has 2 nitrogen and oxygen atoms in total. The minimum absolute atomic E-state index is 1.05. The summed E-state index contributed by atoms with van der Waals surface area (Å²) < 4.78 is 5.04. The van der Waals surface area contributed by atoms with Gasteiger partial charge in [0.15, 0.2) is 0 Å². The summed E-state index contributed by atoms with van der Waals surface area (Å²) >= 11 is 1.38. The Morgan fingerprint density at radius 1 is 1.46 bits per heavy atom. The van der Waals surface area contributed by atoms with Crippen molar-refractivity contribution in [1.29, 1.82) is 0 Å². The van der Waals surface area contributed by atoms with Crippen LogP contribution in [0.1, 0.15) is 12.0 Å². The Bertz CT molecular complexity index is 336. The van der Waals surface area contributed by atoms with Gasteiger partial charge in [0, 0.05) is 18.3 Å². The minimum Gasteiger partial charge on any atom is -0.314 e. The van der Waals surface area contributed by atoms with Crippen LogP contribution in [0.15, 0.2) is 28.1 Å². The van der Waals surface area contributed by atoms with Crippen molar-refractivity contribution in [1.82, 2.24) is 0 Å². The molecule has 13 heavy (non-hydrogen) atoms. The van der Waals surface area contributed by atoms with Gasteiger partial charge in [-0.05, 0) is 24.5 Å². The first-order valence-corrected chi connectivity index (χ1v) is 5.01. The number of benzene rings is 1. The molecule has 2 rings (SSSR count). The fourth-order valence-electron chi connectivity index (χ4n) is 1.45. The van der Waals surface area contributed by atoms with Crippen LogP contribution in [0.25, 0.3) is 0 Å². The molecule has 68 valence electrons. The van der Waals surface area contributed by atoms with Gasteiger partial charge in [-0.3, -0.25) is 4.99 Å². The van der Waals surface area contributed by atoms with Crippen molar-refractivity contribution < 1.29 is 4.18 Å². The van der Waals surface area contributed by atoms with E-state index in [4.69, 9.17) is 4.18 Å². The van der Waals surface area contributed by atoms with E-state index in [-0.39, 0.29) is 0 Å². The number of aliphatic imine (C=N–C) groups is 1. The number of rotatable bonds is 2. The molecule has 0 bridgehead atoms. The van der Waals surface area contributed by atoms with Crippen molar-refractivity contribution in [3.8, 4) is 0 Å². The third-order valence-electron chi connectivity index (χ3n) is 2.02. The first-order valence-electron chi connectivity index (χ1n) is 4.27. The number of fused-ring (bicyclic) bond motifs is 1. The van der Waals surface area contributed by atoms with Gasteiger partial charge in [-0.15, -0.1) is 0 Å². The number of para-hydroxylation sites is 1. The van der Waals surface area contributed by atoms with Crippen molar-refractivity contribution in [2.45, 2.75) is 17.7 Å². The Kier molecular flexibility index (Phi) is 2.66. The lowest BCUT2D eigenvalue weighted by atomic mass is 10.1. The van der Waals surface area contributed by atoms with Crippen LogP contribution >= 0.6 is 12.0 Å². The number of hydrogen-bond acceptors (Lipinski definition) is 3. The van der Waals surface area contributed by atoms with Gasteiger partial charge in [0.2, 0.25) is 0 Å². The molecular weight excluding hydrogens is 182 g/mol. The van der Waals surface area contributed by atoms with Crippen molar-refractivity contribution in [2.24, 2.45) is 4.99 Å². The minimum atomic E-state index is 1.05. The summed E-state index contributed by atoms with van der Waals surface area (Å²) in [6, 6.07) is 6.22. The lowest BCUT2D eigenvalue weighted by Crippen LogP contribution is -1.94. The molecule has 0 spiro atoms. The van der Waals surface area contributed by atoms with Gasteiger partial charge < -0.3 is 4.18 Å². The van der Waals surface area contributed by atoms with Crippen LogP contribution < -0.4 is 0 Å². The Morgan fingerprint density at radius 2 is 2.38 bits per heavy atom. The van der Waals surface area contributed by atoms with Gasteiger partial charge in [-0.25, -0.2) is 0 Å². The zero-order chi connectivity index (χ0) is 9.10. The monoisotopic (exact) mass is 193 g/mol. The van der Waals surface area contributed by atoms with E-state index < -0.39 is 0 Å². The van der Waals surface area contributed by atoms with E-state index in [9.17, 15) is 0 Å². The van der Waals surface area contributed by atoms with Crippen molar-refractivity contribution in [2.75, 3.05) is 7.11 Å². The molecule has 0 N–H and O–H groups in total. The van der Waals surface area contributed by atoms with E-state index in [2.05, 4.69) is 17.1 Å². The van der Waals surface area contributed by atoms with E-state index >= 15 is 0 Å². The zero-order valence-electron chi connectivity index (χ0n) is 7.49. The predicted octanol–water partition coefficient (Wildman–Crippen LogP) is 2.99. The Labute approximate surface area is 82.2 Å². The maximum Gasteiger partial charge on any atom is 0.0816 e. The summed E-state index contributed by atoms with van der Waals surface area (Å²) in [7, 11) is 1.68. The first kappa shape index (κ1) is 8.78. The van der Waals surface area contributed by atoms with Crippen LogP contribution in [0.2, 0.25) is 0 Å². The van der Waals surface area contributed by atoms with Gasteiger partial charge in [-0.1, -0.05) is 12.1 Å². The standard InChI is InChI=1S/C10H11NOS/c1-12-13-9-6-2-4-8-5-3-7-11-10(8)9/h2,4,6-7H,3,5H2,1H3. The fourth-order valence-corrected chi connectivity index (χ4v) is 2.03. The molecule has 0 unspecified atom stereocenters. The second-order valence-electron chi connectivity index (χ2n) is 2.86. The smallest absolute Gasteiger partial charge is 0.0816 e. The molecule has 0 radical (unpaired) electrons. The van der Waals surface area contributed by atoms with E-state index in [0.29, 0.717) is 0 Å². The molecule has 0 aromatic heterocycles. The largest absolute Gasteiger partial charge is 0.314 e. The lowest BCUT2D eigenvalue weighted by Gasteiger charge is -2.12. The van der Waals surface area contributed by atoms with Crippen molar-refractivity contribution in [3.05, 3.63) is 23.8 Å². The van der Waals surface area contributed by atoms with E-state index in [1.807, 2.05) is 12.3 Å². The molecule has 0 atom stereocenters. The molecular formula is C10H11NOS. The molecule has 0 fully saturated rings. The highest BCUT2D eigenvalue weighted by atomic mass is 32.2. The normalized spacial score (nSPS) is 14.2. The number of nitrogens with zero attached hydrogens (tertiary/aromatic N) is 1. The predicted molar refractivity (Wildman–Crippen MR) is 55.8 cm³/mol. The van der Waals surface area contributed by atoms with E-state index in [1.165, 1.54) is 17.6 Å². The molecule has 0 amide bonds. The highest BCUT2D eigenvalue weighted by Crippen LogP contribution is 2.34. The lowest BCUT2D eigenvalue weighted by molar-refractivity contribution is 0.490. The summed E-state index contributed by atoms with van der Waals surface area (Å²) in [4.78, 5) is 5.49. The molecule has 1 aliphatic rings. The van der Waals surface area contributed by atoms with Crippen LogP contribution in [-0.2, 0) is 10.6 Å². The summed E-state index contributed by atoms with van der Waals surface area (Å²) in [5.74, 6) is 0. The number of hydrogen-bond donors (Lipinski definition) is 0. The Morgan fingerprint density at radius 3 is 3.23 bits per heavy atom. The van der Waals surface area contributed by atoms with Crippen molar-refractivity contribution in [3.63, 3.8) is 0 Å². The van der Waals surface area contributed by atoms with Crippen molar-refractivity contribution >= 4 is 23.9 Å². The van der Waals surface area contributed by atoms with Gasteiger partial charge in [0.05, 0.1) is 17.7 Å². The SMILES string of the molecule is COSc1cccc2c1N=CCC2. The maximum atomic E-state index is 5.04. The van der Waals surface area contributed by atoms with Crippen LogP contribution in [0.5, 0.6) is 0 Å². The topological polar surface area (TPSA) is 21.6 Å². The summed E-state index contributed by atoms with van der Waals surface area (Å²) in [6.45, 7) is 0. The molecule has 0 saturated carbocycles. The maximum absolute atomic E-state index is 5.04. The zero-order valence-corrected chi connectivity index (χ0v) is 8.30. The van der Waals surface area contributed by atoms with Gasteiger partial charge in [-0.2, -0.15) is 0 Å². The highest BCUT2D eigenvalue weighted by molar-refractivity contribution is 7.94. The number of aryl methyl sites for hydroxylation is 1. The van der Waals surface area contributed by atoms with E-state index in [1.54, 1.807) is 7.11 Å². The Hall–Kier alpha value is -0.800. The van der Waals surface area contributed by atoms with Gasteiger partial charge in [0.25, 0.3) is 0 Å². The van der Waals surface area contributed by atoms with E-state index in [0.717, 1.165) is 23.4 Å². The first-order chi connectivity index (χ1) is 6.42. The second-order valence-corrected chi connectivity index (χ2v) is 3.80. The molecule has 0 saturated heterocycles. The van der Waals surface area contributed by atoms with Crippen LogP contribution in [0.3, 0.4) is 0 Å². The average Bonchev–Trinajstić information content (AvgIpc) is 2.19. The third-order valence-corrected chi connectivity index (χ3v) is 2.69. The second kappa shape index (κ2) is 3.94. The fraction of sp³-hybridized carbons (Fsp3) is 0.300. The molecule has 1 aliphatic heterocycles. The summed E-state index contributed by atoms with van der Waals surface area (Å²) in [5.41, 5.74) is 2.41. The molecule has 1 aromatic carbocycles. The third kappa shape index (κ3) is 1.76. The van der Waals surface area contributed by atoms with Gasteiger partial charge in [0.1, 0.15) is 0 Å². The highest BCUT2D eigenvalue weighted by Gasteiger charge is 2.10. The van der Waals surface area contributed by atoms with Crippen LogP contribution in [-0.4, -0.2) is 13.3 Å². The average molecular weight is 193 g/mol. The summed E-state index contributed by atoms with van der Waals surface area (Å²) in [5, 5.41) is 0. The quantitative estimate of drug-likeness (QED) is 0.673. The Balaban J connectivity index is 2.42. The van der Waals surface area contributed by atoms with Crippen LogP contribution in [0.4, 0.5) is 5.69 Å².